The molecule has 0 aliphatic carbocycles. The third-order valence-electron chi connectivity index (χ3n) is 4.86. The smallest absolute Gasteiger partial charge is 0.107 e. The maximum atomic E-state index is 6.15. The summed E-state index contributed by atoms with van der Waals surface area (Å²) >= 11 is 22.9. The van der Waals surface area contributed by atoms with E-state index in [-0.39, 0.29) is 19.8 Å². The fourth-order valence-electron chi connectivity index (χ4n) is 3.04. The molecule has 0 aliphatic rings. The minimum absolute atomic E-state index is 0.116. The zero-order chi connectivity index (χ0) is 21.7. The van der Waals surface area contributed by atoms with E-state index in [1.807, 2.05) is 24.3 Å². The van der Waals surface area contributed by atoms with E-state index in [1.54, 1.807) is 12.2 Å². The molecule has 5 heteroatoms. The number of halogens is 4. The zero-order valence-electron chi connectivity index (χ0n) is 17.1. The van der Waals surface area contributed by atoms with Crippen LogP contribution in [0.2, 0.25) is 0 Å². The summed E-state index contributed by atoms with van der Waals surface area (Å²) in [4.78, 5) is 0. The van der Waals surface area contributed by atoms with Gasteiger partial charge >= 0.3 is 0 Å². The second-order valence-electron chi connectivity index (χ2n) is 8.37. The van der Waals surface area contributed by atoms with E-state index < -0.39 is 0 Å². The van der Waals surface area contributed by atoms with Gasteiger partial charge in [0.1, 0.15) is 8.98 Å². The van der Waals surface area contributed by atoms with Crippen LogP contribution < -0.4 is 0 Å². The molecule has 0 amide bonds. The van der Waals surface area contributed by atoms with Crippen LogP contribution in [0.25, 0.3) is 12.2 Å². The van der Waals surface area contributed by atoms with Gasteiger partial charge in [0.05, 0.1) is 13.2 Å². The maximum Gasteiger partial charge on any atom is 0.107 e. The van der Waals surface area contributed by atoms with Gasteiger partial charge in [0, 0.05) is 10.8 Å². The van der Waals surface area contributed by atoms with Gasteiger partial charge in [0.15, 0.2) is 0 Å². The number of benzene rings is 2. The summed E-state index contributed by atoms with van der Waals surface area (Å²) in [6.45, 7) is 9.94. The van der Waals surface area contributed by atoms with Gasteiger partial charge in [-0.25, -0.2) is 0 Å². The molecule has 0 aromatic heterocycles. The Morgan fingerprint density at radius 3 is 1.24 bits per heavy atom. The number of hydrogen-bond donors (Lipinski definition) is 0. The number of ether oxygens (including phenoxy) is 1. The van der Waals surface area contributed by atoms with Crippen LogP contribution in [-0.2, 0) is 15.6 Å². The minimum atomic E-state index is -0.116. The van der Waals surface area contributed by atoms with E-state index >= 15 is 0 Å². The molecule has 0 radical (unpaired) electrons. The van der Waals surface area contributed by atoms with Crippen molar-refractivity contribution in [3.05, 3.63) is 79.8 Å². The minimum Gasteiger partial charge on any atom is -0.380 e. The molecule has 29 heavy (non-hydrogen) atoms. The first kappa shape index (κ1) is 24.3. The molecule has 2 rings (SSSR count). The Hall–Kier alpha value is -0.960. The predicted octanol–water partition coefficient (Wildman–Crippen LogP) is 8.51. The predicted molar refractivity (Wildman–Crippen MR) is 129 cm³/mol. The Morgan fingerprint density at radius 2 is 0.966 bits per heavy atom. The van der Waals surface area contributed by atoms with Crippen molar-refractivity contribution in [2.45, 2.75) is 38.5 Å². The molecule has 2 aromatic carbocycles. The average Bonchev–Trinajstić information content (AvgIpc) is 2.61. The van der Waals surface area contributed by atoms with Gasteiger partial charge in [-0.15, -0.1) is 0 Å². The second kappa shape index (κ2) is 10.4. The van der Waals surface area contributed by atoms with E-state index in [1.165, 1.54) is 11.1 Å². The van der Waals surface area contributed by atoms with E-state index in [9.17, 15) is 0 Å². The number of rotatable bonds is 8. The largest absolute Gasteiger partial charge is 0.380 e. The highest BCUT2D eigenvalue weighted by atomic mass is 35.5. The second-order valence-corrected chi connectivity index (χ2v) is 10.4. The highest BCUT2D eigenvalue weighted by Gasteiger charge is 2.25. The Morgan fingerprint density at radius 1 is 0.655 bits per heavy atom. The molecule has 0 aliphatic heterocycles. The molecule has 0 saturated heterocycles. The summed E-state index contributed by atoms with van der Waals surface area (Å²) < 4.78 is 6.65. The Kier molecular flexibility index (Phi) is 8.70. The van der Waals surface area contributed by atoms with Crippen molar-refractivity contribution in [1.82, 2.24) is 0 Å². The first-order chi connectivity index (χ1) is 13.5. The van der Waals surface area contributed by atoms with Crippen molar-refractivity contribution < 1.29 is 4.74 Å². The monoisotopic (exact) mass is 470 g/mol. The average molecular weight is 472 g/mol. The molecule has 0 spiro atoms. The quantitative estimate of drug-likeness (QED) is 0.374. The van der Waals surface area contributed by atoms with Crippen LogP contribution >= 0.6 is 46.4 Å². The zero-order valence-corrected chi connectivity index (χ0v) is 20.1. The Labute approximate surface area is 194 Å². The van der Waals surface area contributed by atoms with Crippen LogP contribution in [0.5, 0.6) is 0 Å². The van der Waals surface area contributed by atoms with Gasteiger partial charge in [0.2, 0.25) is 0 Å². The van der Waals surface area contributed by atoms with E-state index in [4.69, 9.17) is 51.1 Å². The van der Waals surface area contributed by atoms with Crippen LogP contribution in [0, 0.1) is 0 Å². The van der Waals surface area contributed by atoms with E-state index in [0.717, 1.165) is 11.1 Å². The van der Waals surface area contributed by atoms with E-state index in [0.29, 0.717) is 13.2 Å². The van der Waals surface area contributed by atoms with Crippen LogP contribution in [0.15, 0.2) is 57.5 Å². The fraction of sp³-hybridized carbons (Fsp3) is 0.333. The molecule has 0 saturated carbocycles. The fourth-order valence-corrected chi connectivity index (χ4v) is 3.54. The molecule has 156 valence electrons. The summed E-state index contributed by atoms with van der Waals surface area (Å²) in [5, 5.41) is 0. The van der Waals surface area contributed by atoms with Gasteiger partial charge < -0.3 is 4.74 Å². The summed E-state index contributed by atoms with van der Waals surface area (Å²) in [5.74, 6) is 0. The first-order valence-electron chi connectivity index (χ1n) is 9.34. The lowest BCUT2D eigenvalue weighted by Crippen LogP contribution is -2.30. The standard InChI is InChI=1S/C24H26Cl4O/c1-23(2,19-9-5-17(6-10-19)13-21(25)26)15-29-16-24(3,4)20-11-7-18(8-12-20)14-22(27)28/h5-14H,15-16H2,1-4H3. The topological polar surface area (TPSA) is 9.23 Å². The summed E-state index contributed by atoms with van der Waals surface area (Å²) in [5.41, 5.74) is 4.11. The van der Waals surface area contributed by atoms with Crippen molar-refractivity contribution in [3.8, 4) is 0 Å². The highest BCUT2D eigenvalue weighted by molar-refractivity contribution is 6.58. The molecular weight excluding hydrogens is 446 g/mol. The lowest BCUT2D eigenvalue weighted by atomic mass is 9.84. The van der Waals surface area contributed by atoms with Crippen molar-refractivity contribution in [2.75, 3.05) is 13.2 Å². The van der Waals surface area contributed by atoms with Gasteiger partial charge in [-0.2, -0.15) is 0 Å². The summed E-state index contributed by atoms with van der Waals surface area (Å²) in [7, 11) is 0. The molecule has 0 heterocycles. The van der Waals surface area contributed by atoms with Crippen LogP contribution in [-0.4, -0.2) is 13.2 Å². The molecule has 0 atom stereocenters. The number of hydrogen-bond acceptors (Lipinski definition) is 1. The normalized spacial score (nSPS) is 11.9. The molecule has 2 aromatic rings. The molecule has 0 N–H and O–H groups in total. The third-order valence-corrected chi connectivity index (χ3v) is 5.30. The van der Waals surface area contributed by atoms with Gasteiger partial charge in [-0.1, -0.05) is 123 Å². The molecule has 1 nitrogen and oxygen atoms in total. The maximum absolute atomic E-state index is 6.15. The Balaban J connectivity index is 1.99. The molecule has 0 fully saturated rings. The Bertz CT molecular complexity index is 781. The third kappa shape index (κ3) is 7.66. The van der Waals surface area contributed by atoms with Crippen molar-refractivity contribution in [2.24, 2.45) is 0 Å². The first-order valence-corrected chi connectivity index (χ1v) is 10.8. The van der Waals surface area contributed by atoms with Crippen LogP contribution in [0.1, 0.15) is 49.9 Å². The van der Waals surface area contributed by atoms with Crippen molar-refractivity contribution >= 4 is 58.6 Å². The van der Waals surface area contributed by atoms with Gasteiger partial charge in [-0.3, -0.25) is 0 Å². The van der Waals surface area contributed by atoms with Crippen LogP contribution in [0.3, 0.4) is 0 Å². The van der Waals surface area contributed by atoms with Gasteiger partial charge in [0.25, 0.3) is 0 Å². The molecule has 0 unspecified atom stereocenters. The van der Waals surface area contributed by atoms with E-state index in [2.05, 4.69) is 52.0 Å². The highest BCUT2D eigenvalue weighted by Crippen LogP contribution is 2.28. The lowest BCUT2D eigenvalue weighted by molar-refractivity contribution is 0.0634. The molecular formula is C24H26Cl4O. The van der Waals surface area contributed by atoms with Gasteiger partial charge in [-0.05, 0) is 34.4 Å². The summed E-state index contributed by atoms with van der Waals surface area (Å²) in [6, 6.07) is 16.4. The summed E-state index contributed by atoms with van der Waals surface area (Å²) in [6.07, 6.45) is 3.45. The van der Waals surface area contributed by atoms with Crippen molar-refractivity contribution in [3.63, 3.8) is 0 Å². The lowest BCUT2D eigenvalue weighted by Gasteiger charge is -2.30. The van der Waals surface area contributed by atoms with Crippen molar-refractivity contribution in [1.29, 1.82) is 0 Å². The van der Waals surface area contributed by atoms with Crippen LogP contribution in [0.4, 0.5) is 0 Å². The molecule has 0 bridgehead atoms. The SMILES string of the molecule is CC(C)(COCC(C)(C)c1ccc(C=C(Cl)Cl)cc1)c1ccc(C=C(Cl)Cl)cc1.